The van der Waals surface area contributed by atoms with Crippen LogP contribution in [-0.2, 0) is 29.1 Å². The second-order valence-corrected chi connectivity index (χ2v) is 13.9. The summed E-state index contributed by atoms with van der Waals surface area (Å²) in [5.74, 6) is -1.35. The van der Waals surface area contributed by atoms with Crippen LogP contribution in [0, 0.1) is 26.2 Å². The molecule has 0 bridgehead atoms. The van der Waals surface area contributed by atoms with Crippen LogP contribution in [0.15, 0.2) is 41.4 Å². The fourth-order valence-electron chi connectivity index (χ4n) is 5.22. The van der Waals surface area contributed by atoms with Gasteiger partial charge in [-0.25, -0.2) is 13.4 Å². The van der Waals surface area contributed by atoms with Gasteiger partial charge in [-0.2, -0.15) is 4.72 Å². The molecule has 1 aliphatic rings. The molecule has 43 heavy (non-hydrogen) atoms. The first-order chi connectivity index (χ1) is 20.1. The Hall–Kier alpha value is -3.55. The highest BCUT2D eigenvalue weighted by molar-refractivity contribution is 7.89. The largest absolute Gasteiger partial charge is 0.480 e. The van der Waals surface area contributed by atoms with E-state index in [9.17, 15) is 27.9 Å². The van der Waals surface area contributed by atoms with Crippen LogP contribution in [0.4, 0.5) is 5.82 Å². The number of benzene rings is 1. The van der Waals surface area contributed by atoms with Crippen LogP contribution >= 0.6 is 0 Å². The van der Waals surface area contributed by atoms with E-state index in [1.165, 1.54) is 0 Å². The van der Waals surface area contributed by atoms with E-state index in [-0.39, 0.29) is 28.9 Å². The van der Waals surface area contributed by atoms with Crippen molar-refractivity contribution in [2.45, 2.75) is 77.5 Å². The predicted molar refractivity (Wildman–Crippen MR) is 162 cm³/mol. The van der Waals surface area contributed by atoms with Crippen molar-refractivity contribution in [3.63, 3.8) is 0 Å². The number of ether oxygens (including phenoxy) is 1. The van der Waals surface area contributed by atoms with Gasteiger partial charge in [0.15, 0.2) is 0 Å². The first-order valence-corrected chi connectivity index (χ1v) is 15.7. The Kier molecular flexibility index (Phi) is 11.3. The summed E-state index contributed by atoms with van der Waals surface area (Å²) in [6, 6.07) is 7.16. The van der Waals surface area contributed by atoms with Crippen LogP contribution in [0.5, 0.6) is 0 Å². The molecule has 0 radical (unpaired) electrons. The summed E-state index contributed by atoms with van der Waals surface area (Å²) in [6.45, 7) is 11.0. The highest BCUT2D eigenvalue weighted by Crippen LogP contribution is 2.27. The van der Waals surface area contributed by atoms with Gasteiger partial charge in [-0.1, -0.05) is 44.5 Å². The van der Waals surface area contributed by atoms with Gasteiger partial charge in [-0.15, -0.1) is 0 Å². The molecule has 0 spiro atoms. The molecule has 13 heteroatoms. The normalized spacial score (nSPS) is 17.9. The summed E-state index contributed by atoms with van der Waals surface area (Å²) in [4.78, 5) is 43.6. The van der Waals surface area contributed by atoms with Gasteiger partial charge < -0.3 is 25.4 Å². The number of amides is 2. The van der Waals surface area contributed by atoms with Crippen LogP contribution in [0.25, 0.3) is 0 Å². The molecule has 4 N–H and O–H groups in total. The van der Waals surface area contributed by atoms with E-state index in [0.29, 0.717) is 42.9 Å². The minimum Gasteiger partial charge on any atom is -0.480 e. The SMILES string of the molecule is Cc1cc(C)c(S(=O)(=O)N[C@@H](CNC(=O)CO[C@@H]2C[C@@H](CNc3ccccn3)N(C(=O)CC(C)(C)C)C2)C(=O)O)c(C)c1. The van der Waals surface area contributed by atoms with Crippen LogP contribution in [0.2, 0.25) is 0 Å². The van der Waals surface area contributed by atoms with Crippen molar-refractivity contribution in [1.82, 2.24) is 19.9 Å². The van der Waals surface area contributed by atoms with Crippen molar-refractivity contribution in [2.24, 2.45) is 5.41 Å². The fraction of sp³-hybridized carbons (Fsp3) is 0.533. The number of carboxylic acid groups (broad SMARTS) is 1. The van der Waals surface area contributed by atoms with Crippen molar-refractivity contribution in [3.05, 3.63) is 53.2 Å². The van der Waals surface area contributed by atoms with Crippen LogP contribution < -0.4 is 15.4 Å². The highest BCUT2D eigenvalue weighted by atomic mass is 32.2. The topological polar surface area (TPSA) is 167 Å². The van der Waals surface area contributed by atoms with Crippen LogP contribution in [0.3, 0.4) is 0 Å². The van der Waals surface area contributed by atoms with E-state index < -0.39 is 40.6 Å². The van der Waals surface area contributed by atoms with Gasteiger partial charge >= 0.3 is 5.97 Å². The number of aliphatic carboxylic acids is 1. The Morgan fingerprint density at radius 1 is 1.14 bits per heavy atom. The zero-order valence-electron chi connectivity index (χ0n) is 25.6. The van der Waals surface area contributed by atoms with E-state index in [1.54, 1.807) is 37.1 Å². The maximum absolute atomic E-state index is 13.1. The van der Waals surface area contributed by atoms with E-state index in [1.807, 2.05) is 45.9 Å². The second kappa shape index (κ2) is 14.3. The molecule has 0 aliphatic carbocycles. The van der Waals surface area contributed by atoms with Crippen molar-refractivity contribution in [2.75, 3.05) is 31.6 Å². The Labute approximate surface area is 253 Å². The third-order valence-corrected chi connectivity index (χ3v) is 8.76. The molecule has 3 atom stereocenters. The first kappa shape index (κ1) is 33.9. The Bertz CT molecular complexity index is 1390. The fourth-order valence-corrected chi connectivity index (χ4v) is 6.86. The highest BCUT2D eigenvalue weighted by Gasteiger charge is 2.37. The van der Waals surface area contributed by atoms with E-state index >= 15 is 0 Å². The lowest BCUT2D eigenvalue weighted by molar-refractivity contribution is -0.139. The van der Waals surface area contributed by atoms with Crippen molar-refractivity contribution < 1.29 is 32.6 Å². The molecule has 12 nitrogen and oxygen atoms in total. The molecule has 1 aliphatic heterocycles. The maximum atomic E-state index is 13.1. The summed E-state index contributed by atoms with van der Waals surface area (Å²) >= 11 is 0. The third-order valence-electron chi connectivity index (χ3n) is 6.98. The Morgan fingerprint density at radius 3 is 2.40 bits per heavy atom. The average molecular weight is 618 g/mol. The van der Waals surface area contributed by atoms with Crippen LogP contribution in [-0.4, -0.2) is 85.6 Å². The van der Waals surface area contributed by atoms with E-state index in [0.717, 1.165) is 5.56 Å². The number of likely N-dealkylation sites (tertiary alicyclic amines) is 1. The molecule has 1 aromatic carbocycles. The number of aryl methyl sites for hydroxylation is 3. The number of aromatic nitrogens is 1. The molecule has 2 amide bonds. The number of sulfonamides is 1. The number of nitrogens with zero attached hydrogens (tertiary/aromatic N) is 2. The molecule has 1 aromatic heterocycles. The van der Waals surface area contributed by atoms with E-state index in [4.69, 9.17) is 4.74 Å². The number of rotatable bonds is 13. The number of carbonyl (C=O) groups is 3. The molecular formula is C30H43N5O7S. The summed E-state index contributed by atoms with van der Waals surface area (Å²) < 4.78 is 34.1. The Morgan fingerprint density at radius 2 is 1.81 bits per heavy atom. The number of hydrogen-bond donors (Lipinski definition) is 4. The van der Waals surface area contributed by atoms with Gasteiger partial charge in [0.2, 0.25) is 21.8 Å². The molecule has 0 saturated carbocycles. The van der Waals surface area contributed by atoms with E-state index in [2.05, 4.69) is 20.3 Å². The number of pyridine rings is 1. The minimum absolute atomic E-state index is 0.00786. The molecule has 1 fully saturated rings. The molecule has 2 aromatic rings. The smallest absolute Gasteiger partial charge is 0.323 e. The zero-order chi connectivity index (χ0) is 31.9. The lowest BCUT2D eigenvalue weighted by Crippen LogP contribution is -2.49. The number of anilines is 1. The minimum atomic E-state index is -4.18. The number of carbonyl (C=O) groups excluding carboxylic acids is 2. The van der Waals surface area contributed by atoms with Gasteiger partial charge in [-0.05, 0) is 55.9 Å². The summed E-state index contributed by atoms with van der Waals surface area (Å²) in [6.07, 6.45) is 2.12. The molecule has 3 rings (SSSR count). The summed E-state index contributed by atoms with van der Waals surface area (Å²) in [5, 5.41) is 15.3. The molecule has 236 valence electrons. The lowest BCUT2D eigenvalue weighted by Gasteiger charge is -2.28. The number of hydrogen-bond acceptors (Lipinski definition) is 8. The van der Waals surface area contributed by atoms with Gasteiger partial charge in [0.25, 0.3) is 0 Å². The number of carboxylic acids is 1. The Balaban J connectivity index is 1.58. The predicted octanol–water partition coefficient (Wildman–Crippen LogP) is 2.39. The summed E-state index contributed by atoms with van der Waals surface area (Å²) in [7, 11) is -4.18. The molecule has 2 heterocycles. The monoisotopic (exact) mass is 617 g/mol. The number of nitrogens with one attached hydrogen (secondary N) is 3. The molecule has 1 saturated heterocycles. The van der Waals surface area contributed by atoms with Gasteiger partial charge in [0.1, 0.15) is 18.5 Å². The lowest BCUT2D eigenvalue weighted by atomic mass is 9.91. The van der Waals surface area contributed by atoms with Gasteiger partial charge in [-0.3, -0.25) is 14.4 Å². The van der Waals surface area contributed by atoms with Crippen molar-refractivity contribution >= 4 is 33.6 Å². The quantitative estimate of drug-likeness (QED) is 0.264. The average Bonchev–Trinajstić information content (AvgIpc) is 3.30. The van der Waals surface area contributed by atoms with Crippen LogP contribution in [0.1, 0.15) is 50.3 Å². The molecule has 0 unspecified atom stereocenters. The van der Waals surface area contributed by atoms with Gasteiger partial charge in [0, 0.05) is 32.3 Å². The van der Waals surface area contributed by atoms with Crippen molar-refractivity contribution in [1.29, 1.82) is 0 Å². The second-order valence-electron chi connectivity index (χ2n) is 12.2. The zero-order valence-corrected chi connectivity index (χ0v) is 26.5. The first-order valence-electron chi connectivity index (χ1n) is 14.2. The third kappa shape index (κ3) is 10.0. The molecular weight excluding hydrogens is 574 g/mol. The van der Waals surface area contributed by atoms with Gasteiger partial charge in [0.05, 0.1) is 17.0 Å². The van der Waals surface area contributed by atoms with Crippen molar-refractivity contribution in [3.8, 4) is 0 Å². The maximum Gasteiger partial charge on any atom is 0.323 e. The standard InChI is InChI=1S/C30H43N5O7S/c1-19-11-20(2)28(21(3)12-19)43(40,41)34-24(29(38)39)16-33-26(36)18-42-23-13-22(15-32-25-9-7-8-10-31-25)35(17-23)27(37)14-30(4,5)6/h7-12,22-24,34H,13-18H2,1-6H3,(H,31,32)(H,33,36)(H,38,39)/t22-,23+,24-/m0/s1. The summed E-state index contributed by atoms with van der Waals surface area (Å²) in [5.41, 5.74) is 1.67.